The lowest BCUT2D eigenvalue weighted by molar-refractivity contribution is 0.604. The monoisotopic (exact) mass is 217 g/mol. The Balaban J connectivity index is 3.17. The molecule has 0 unspecified atom stereocenters. The van der Waals surface area contributed by atoms with Gasteiger partial charge in [-0.1, -0.05) is 11.6 Å². The first-order valence-electron chi connectivity index (χ1n) is 3.43. The van der Waals surface area contributed by atoms with Crippen molar-refractivity contribution in [3.8, 4) is 0 Å². The van der Waals surface area contributed by atoms with Crippen molar-refractivity contribution >= 4 is 27.1 Å². The van der Waals surface area contributed by atoms with Gasteiger partial charge in [0.15, 0.2) is 0 Å². The van der Waals surface area contributed by atoms with Crippen LogP contribution in [0.1, 0.15) is 0 Å². The minimum atomic E-state index is -3.40. The summed E-state index contributed by atoms with van der Waals surface area (Å²) in [5, 5.41) is 0.931. The Labute approximate surface area is 81.7 Å². The van der Waals surface area contributed by atoms with Crippen LogP contribution in [-0.4, -0.2) is 8.42 Å². The zero-order valence-corrected chi connectivity index (χ0v) is 8.22. The molecule has 0 saturated carbocycles. The zero-order chi connectivity index (χ0) is 9.90. The van der Waals surface area contributed by atoms with Gasteiger partial charge in [0.1, 0.15) is 0 Å². The van der Waals surface area contributed by atoms with Crippen LogP contribution in [0.2, 0.25) is 0 Å². The number of benzene rings is 1. The molecule has 0 aromatic heterocycles. The van der Waals surface area contributed by atoms with Gasteiger partial charge in [-0.15, -0.1) is 0 Å². The molecule has 1 aromatic rings. The number of halogens is 1. The van der Waals surface area contributed by atoms with Gasteiger partial charge in [-0.2, -0.15) is 0 Å². The molecule has 0 atom stereocenters. The number of rotatable bonds is 2. The van der Waals surface area contributed by atoms with E-state index in [1.807, 2.05) is 0 Å². The normalized spacial score (nSPS) is 12.1. The Morgan fingerprint density at radius 3 is 2.23 bits per heavy atom. The number of hydrogen-bond donors (Lipinski definition) is 1. The van der Waals surface area contributed by atoms with E-state index in [2.05, 4.69) is 0 Å². The van der Waals surface area contributed by atoms with Crippen LogP contribution >= 0.6 is 11.6 Å². The molecule has 5 heteroatoms. The van der Waals surface area contributed by atoms with Crippen molar-refractivity contribution in [1.82, 2.24) is 0 Å². The summed E-state index contributed by atoms with van der Waals surface area (Å²) < 4.78 is 22.7. The fourth-order valence-corrected chi connectivity index (χ4v) is 2.02. The molecule has 1 rings (SSSR count). The van der Waals surface area contributed by atoms with Crippen molar-refractivity contribution in [2.24, 2.45) is 0 Å². The van der Waals surface area contributed by atoms with E-state index in [-0.39, 0.29) is 4.90 Å². The number of sulfone groups is 1. The summed E-state index contributed by atoms with van der Waals surface area (Å²) in [5.74, 6) is 0. The highest BCUT2D eigenvalue weighted by molar-refractivity contribution is 7.94. The topological polar surface area (TPSA) is 60.2 Å². The second-order valence-electron chi connectivity index (χ2n) is 2.38. The molecule has 2 N–H and O–H groups in total. The lowest BCUT2D eigenvalue weighted by Crippen LogP contribution is -1.95. The standard InChI is InChI=1S/C8H8ClNO2S/c9-5-6-13(11,12)8-3-1-7(10)2-4-8/h1-6H,10H2. The fourth-order valence-electron chi connectivity index (χ4n) is 0.804. The Hall–Kier alpha value is -1.00. The van der Waals surface area contributed by atoms with Crippen molar-refractivity contribution in [3.63, 3.8) is 0 Å². The van der Waals surface area contributed by atoms with Gasteiger partial charge in [0.05, 0.1) is 4.90 Å². The van der Waals surface area contributed by atoms with Gasteiger partial charge in [0.2, 0.25) is 9.84 Å². The highest BCUT2D eigenvalue weighted by Gasteiger charge is 2.08. The molecule has 70 valence electrons. The number of anilines is 1. The Morgan fingerprint density at radius 1 is 1.23 bits per heavy atom. The Bertz CT molecular complexity index is 408. The first-order valence-corrected chi connectivity index (χ1v) is 5.42. The van der Waals surface area contributed by atoms with Gasteiger partial charge in [0.25, 0.3) is 0 Å². The minimum Gasteiger partial charge on any atom is -0.399 e. The van der Waals surface area contributed by atoms with Crippen LogP contribution in [0.3, 0.4) is 0 Å². The summed E-state index contributed by atoms with van der Waals surface area (Å²) in [4.78, 5) is 0.179. The molecule has 0 aliphatic rings. The van der Waals surface area contributed by atoms with Gasteiger partial charge in [0, 0.05) is 16.6 Å². The van der Waals surface area contributed by atoms with Gasteiger partial charge in [-0.05, 0) is 24.3 Å². The van der Waals surface area contributed by atoms with Crippen LogP contribution in [0, 0.1) is 0 Å². The largest absolute Gasteiger partial charge is 0.399 e. The van der Waals surface area contributed by atoms with Crippen molar-refractivity contribution < 1.29 is 8.42 Å². The summed E-state index contributed by atoms with van der Waals surface area (Å²) in [6.45, 7) is 0. The van der Waals surface area contributed by atoms with E-state index in [1.165, 1.54) is 24.3 Å². The summed E-state index contributed by atoms with van der Waals surface area (Å²) >= 11 is 5.18. The zero-order valence-electron chi connectivity index (χ0n) is 6.64. The lowest BCUT2D eigenvalue weighted by atomic mass is 10.3. The van der Waals surface area contributed by atoms with Crippen LogP contribution in [0.5, 0.6) is 0 Å². The Kier molecular flexibility index (Phi) is 2.95. The molecule has 0 saturated heterocycles. The van der Waals surface area contributed by atoms with E-state index in [1.54, 1.807) is 0 Å². The molecule has 0 aliphatic heterocycles. The summed E-state index contributed by atoms with van der Waals surface area (Å²) in [5.41, 5.74) is 6.89. The SMILES string of the molecule is Nc1ccc(S(=O)(=O)C=CCl)cc1. The molecule has 1 aromatic carbocycles. The van der Waals surface area contributed by atoms with E-state index < -0.39 is 9.84 Å². The third-order valence-corrected chi connectivity index (χ3v) is 3.14. The predicted molar refractivity (Wildman–Crippen MR) is 53.0 cm³/mol. The highest BCUT2D eigenvalue weighted by atomic mass is 35.5. The molecule has 0 radical (unpaired) electrons. The third-order valence-electron chi connectivity index (χ3n) is 1.44. The predicted octanol–water partition coefficient (Wildman–Crippen LogP) is 1.75. The molecular weight excluding hydrogens is 210 g/mol. The maximum atomic E-state index is 11.3. The van der Waals surface area contributed by atoms with Crippen molar-refractivity contribution in [3.05, 3.63) is 35.2 Å². The van der Waals surface area contributed by atoms with Gasteiger partial charge in [-0.3, -0.25) is 0 Å². The van der Waals surface area contributed by atoms with E-state index in [0.717, 1.165) is 10.9 Å². The third kappa shape index (κ3) is 2.47. The minimum absolute atomic E-state index is 0.179. The number of hydrogen-bond acceptors (Lipinski definition) is 3. The number of nitrogen functional groups attached to an aromatic ring is 1. The van der Waals surface area contributed by atoms with Crippen LogP contribution in [0.25, 0.3) is 0 Å². The average molecular weight is 218 g/mol. The average Bonchev–Trinajstić information content (AvgIpc) is 2.05. The van der Waals surface area contributed by atoms with Crippen LogP contribution in [0.4, 0.5) is 5.69 Å². The Morgan fingerprint density at radius 2 is 1.77 bits per heavy atom. The molecule has 0 fully saturated rings. The first kappa shape index (κ1) is 10.1. The second-order valence-corrected chi connectivity index (χ2v) is 4.46. The van der Waals surface area contributed by atoms with Crippen molar-refractivity contribution in [2.45, 2.75) is 4.90 Å². The molecule has 13 heavy (non-hydrogen) atoms. The fraction of sp³-hybridized carbons (Fsp3) is 0. The second kappa shape index (κ2) is 3.81. The molecule has 0 spiro atoms. The first-order chi connectivity index (χ1) is 6.06. The lowest BCUT2D eigenvalue weighted by Gasteiger charge is -1.98. The van der Waals surface area contributed by atoms with E-state index >= 15 is 0 Å². The van der Waals surface area contributed by atoms with Gasteiger partial charge < -0.3 is 5.73 Å². The van der Waals surface area contributed by atoms with E-state index in [0.29, 0.717) is 5.69 Å². The van der Waals surface area contributed by atoms with Gasteiger partial charge in [-0.25, -0.2) is 8.42 Å². The molecule has 3 nitrogen and oxygen atoms in total. The summed E-state index contributed by atoms with van der Waals surface area (Å²) in [7, 11) is -3.40. The molecule has 0 heterocycles. The molecule has 0 aliphatic carbocycles. The molecule has 0 bridgehead atoms. The van der Waals surface area contributed by atoms with Crippen LogP contribution in [-0.2, 0) is 9.84 Å². The van der Waals surface area contributed by atoms with Crippen LogP contribution in [0.15, 0.2) is 40.1 Å². The van der Waals surface area contributed by atoms with E-state index in [4.69, 9.17) is 17.3 Å². The summed E-state index contributed by atoms with van der Waals surface area (Å²) in [6.07, 6.45) is 0. The van der Waals surface area contributed by atoms with Gasteiger partial charge >= 0.3 is 0 Å². The number of nitrogens with two attached hydrogens (primary N) is 1. The summed E-state index contributed by atoms with van der Waals surface area (Å²) in [6, 6.07) is 5.91. The molecule has 0 amide bonds. The van der Waals surface area contributed by atoms with E-state index in [9.17, 15) is 8.42 Å². The van der Waals surface area contributed by atoms with Crippen molar-refractivity contribution in [1.29, 1.82) is 0 Å². The van der Waals surface area contributed by atoms with Crippen molar-refractivity contribution in [2.75, 3.05) is 5.73 Å². The van der Waals surface area contributed by atoms with Crippen LogP contribution < -0.4 is 5.73 Å². The smallest absolute Gasteiger partial charge is 0.200 e. The highest BCUT2D eigenvalue weighted by Crippen LogP contribution is 2.14. The maximum Gasteiger partial charge on any atom is 0.200 e. The maximum absolute atomic E-state index is 11.3. The quantitative estimate of drug-likeness (QED) is 0.768. The molecular formula is C8H8ClNO2S.